The zero-order valence-electron chi connectivity index (χ0n) is 40.2. The SMILES string of the molecule is CC1(C)c2ccccc2C2(c3ccccc3-c3ccc(-c4ccc(N(c5ccc6sc7ccccc7c6c5)c5ccccc5-c5ccccc5-c5ccccc5-c5ccccc5)cc4)cc32)c2ccccc21. The number of benzene rings is 11. The Bertz CT molecular complexity index is 4030. The Morgan fingerprint density at radius 1 is 0.292 bits per heavy atom. The van der Waals surface area contributed by atoms with E-state index in [-0.39, 0.29) is 5.41 Å². The lowest BCUT2D eigenvalue weighted by Crippen LogP contribution is -2.40. The molecule has 1 spiro atoms. The molecule has 72 heavy (non-hydrogen) atoms. The minimum absolute atomic E-state index is 0.149. The van der Waals surface area contributed by atoms with Gasteiger partial charge >= 0.3 is 0 Å². The first-order valence-corrected chi connectivity index (χ1v) is 25.9. The average Bonchev–Trinajstić information content (AvgIpc) is 3.97. The van der Waals surface area contributed by atoms with E-state index in [0.29, 0.717) is 0 Å². The summed E-state index contributed by atoms with van der Waals surface area (Å²) in [6.45, 7) is 4.78. The number of rotatable bonds is 7. The Balaban J connectivity index is 0.939. The van der Waals surface area contributed by atoms with Gasteiger partial charge in [-0.1, -0.05) is 226 Å². The highest BCUT2D eigenvalue weighted by Crippen LogP contribution is 2.62. The highest BCUT2D eigenvalue weighted by Gasteiger charge is 2.53. The number of fused-ring (bicyclic) bond motifs is 12. The summed E-state index contributed by atoms with van der Waals surface area (Å²) < 4.78 is 2.59. The number of nitrogens with zero attached hydrogens (tertiary/aromatic N) is 1. The van der Waals surface area contributed by atoms with E-state index in [1.165, 1.54) is 104 Å². The van der Waals surface area contributed by atoms with Crippen molar-refractivity contribution in [1.82, 2.24) is 0 Å². The molecule has 0 radical (unpaired) electrons. The Morgan fingerprint density at radius 3 is 1.49 bits per heavy atom. The van der Waals surface area contributed by atoms with Crippen LogP contribution in [0, 0.1) is 0 Å². The minimum atomic E-state index is -0.451. The van der Waals surface area contributed by atoms with E-state index in [9.17, 15) is 0 Å². The first-order valence-electron chi connectivity index (χ1n) is 25.1. The largest absolute Gasteiger partial charge is 0.310 e. The Labute approximate surface area is 425 Å². The second-order valence-electron chi connectivity index (χ2n) is 19.9. The van der Waals surface area contributed by atoms with Gasteiger partial charge in [0.2, 0.25) is 0 Å². The highest BCUT2D eigenvalue weighted by molar-refractivity contribution is 7.25. The monoisotopic (exact) mass is 935 g/mol. The maximum Gasteiger partial charge on any atom is 0.0719 e. The second-order valence-corrected chi connectivity index (χ2v) is 21.0. The van der Waals surface area contributed by atoms with E-state index in [2.05, 4.69) is 280 Å². The van der Waals surface area contributed by atoms with E-state index in [1.54, 1.807) is 0 Å². The third kappa shape index (κ3) is 6.32. The normalized spacial score (nSPS) is 13.6. The van der Waals surface area contributed by atoms with E-state index in [4.69, 9.17) is 0 Å². The third-order valence-corrected chi connectivity index (χ3v) is 16.9. The smallest absolute Gasteiger partial charge is 0.0719 e. The predicted molar refractivity (Wildman–Crippen MR) is 305 cm³/mol. The van der Waals surface area contributed by atoms with Gasteiger partial charge in [-0.15, -0.1) is 11.3 Å². The Kier molecular flexibility index (Phi) is 9.71. The van der Waals surface area contributed by atoms with Gasteiger partial charge in [-0.25, -0.2) is 0 Å². The fourth-order valence-electron chi connectivity index (χ4n) is 12.6. The number of hydrogen-bond donors (Lipinski definition) is 0. The van der Waals surface area contributed by atoms with Crippen molar-refractivity contribution in [3.8, 4) is 55.6 Å². The van der Waals surface area contributed by atoms with Gasteiger partial charge in [0.1, 0.15) is 0 Å². The Hall–Kier alpha value is -8.56. The molecule has 2 aliphatic carbocycles. The molecule has 0 saturated carbocycles. The lowest BCUT2D eigenvalue weighted by atomic mass is 9.55. The molecule has 0 aliphatic heterocycles. The molecule has 2 aliphatic rings. The van der Waals surface area contributed by atoms with Gasteiger partial charge in [-0.05, 0) is 132 Å². The molecule has 2 heteroatoms. The van der Waals surface area contributed by atoms with E-state index in [1.807, 2.05) is 11.3 Å². The molecule has 0 unspecified atom stereocenters. The minimum Gasteiger partial charge on any atom is -0.310 e. The number of anilines is 3. The van der Waals surface area contributed by atoms with Crippen molar-refractivity contribution in [2.45, 2.75) is 24.7 Å². The van der Waals surface area contributed by atoms with E-state index < -0.39 is 5.41 Å². The maximum absolute atomic E-state index is 2.50. The third-order valence-electron chi connectivity index (χ3n) is 15.8. The standard InChI is InChI=1S/C70H49NS/c1-69(2)61-30-14-16-32-63(61)70(64-33-17-15-31-62(64)69)60-29-13-10-26-55(60)56-42-38-48(44-65(56)70)46-36-39-49(40-37-46)71(50-41-43-68-59(45-50)58-28-12-19-35-67(58)72-68)66-34-18-11-27-57(66)54-25-9-8-24-53(54)52-23-7-6-22-51(52)47-20-4-3-5-21-47/h3-45H,1-2H3. The van der Waals surface area contributed by atoms with Crippen LogP contribution < -0.4 is 4.90 Å². The molecule has 0 N–H and O–H groups in total. The van der Waals surface area contributed by atoms with Crippen LogP contribution in [0.15, 0.2) is 261 Å². The lowest BCUT2D eigenvalue weighted by Gasteiger charge is -2.46. The second kappa shape index (κ2) is 16.5. The molecule has 0 amide bonds. The van der Waals surface area contributed by atoms with Crippen LogP contribution in [0.2, 0.25) is 0 Å². The van der Waals surface area contributed by atoms with Crippen LogP contribution in [0.4, 0.5) is 17.1 Å². The lowest BCUT2D eigenvalue weighted by molar-refractivity contribution is 0.563. The van der Waals surface area contributed by atoms with Gasteiger partial charge < -0.3 is 4.90 Å². The summed E-state index contributed by atoms with van der Waals surface area (Å²) >= 11 is 1.86. The molecule has 14 rings (SSSR count). The molecule has 11 aromatic carbocycles. The Morgan fingerprint density at radius 2 is 0.778 bits per heavy atom. The van der Waals surface area contributed by atoms with Gasteiger partial charge in [-0.2, -0.15) is 0 Å². The van der Waals surface area contributed by atoms with Gasteiger partial charge in [0, 0.05) is 42.5 Å². The average molecular weight is 936 g/mol. The van der Waals surface area contributed by atoms with Gasteiger partial charge in [-0.3, -0.25) is 0 Å². The molecule has 0 bridgehead atoms. The van der Waals surface area contributed by atoms with Crippen LogP contribution in [-0.2, 0) is 10.8 Å². The van der Waals surface area contributed by atoms with Crippen molar-refractivity contribution >= 4 is 48.6 Å². The summed E-state index contributed by atoms with van der Waals surface area (Å²) in [5, 5.41) is 2.56. The molecule has 12 aromatic rings. The summed E-state index contributed by atoms with van der Waals surface area (Å²) in [5.41, 5.74) is 23.1. The van der Waals surface area contributed by atoms with Crippen LogP contribution in [0.1, 0.15) is 47.2 Å². The summed E-state index contributed by atoms with van der Waals surface area (Å²) in [6.07, 6.45) is 0. The topological polar surface area (TPSA) is 3.24 Å². The summed E-state index contributed by atoms with van der Waals surface area (Å²) in [7, 11) is 0. The molecule has 0 fully saturated rings. The number of para-hydroxylation sites is 1. The van der Waals surface area contributed by atoms with Crippen molar-refractivity contribution in [3.05, 3.63) is 294 Å². The van der Waals surface area contributed by atoms with Crippen molar-refractivity contribution in [1.29, 1.82) is 0 Å². The number of hydrogen-bond acceptors (Lipinski definition) is 2. The number of thiophene rings is 1. The molecule has 0 saturated heterocycles. The molecular formula is C70H49NS. The molecule has 1 heterocycles. The quantitative estimate of drug-likeness (QED) is 0.154. The van der Waals surface area contributed by atoms with E-state index in [0.717, 1.165) is 22.6 Å². The van der Waals surface area contributed by atoms with Gasteiger partial charge in [0.25, 0.3) is 0 Å². The predicted octanol–water partition coefficient (Wildman–Crippen LogP) is 19.2. The maximum atomic E-state index is 2.50. The highest BCUT2D eigenvalue weighted by atomic mass is 32.1. The van der Waals surface area contributed by atoms with Crippen LogP contribution in [0.25, 0.3) is 75.8 Å². The fraction of sp³-hybridized carbons (Fsp3) is 0.0571. The van der Waals surface area contributed by atoms with Crippen molar-refractivity contribution < 1.29 is 0 Å². The summed E-state index contributed by atoms with van der Waals surface area (Å²) in [4.78, 5) is 2.47. The van der Waals surface area contributed by atoms with Crippen molar-refractivity contribution in [2.75, 3.05) is 4.90 Å². The molecule has 1 aromatic heterocycles. The van der Waals surface area contributed by atoms with Crippen LogP contribution in [0.3, 0.4) is 0 Å². The summed E-state index contributed by atoms with van der Waals surface area (Å²) in [5.74, 6) is 0. The summed E-state index contributed by atoms with van der Waals surface area (Å²) in [6, 6.07) is 97.3. The van der Waals surface area contributed by atoms with Gasteiger partial charge in [0.05, 0.1) is 11.1 Å². The van der Waals surface area contributed by atoms with Crippen LogP contribution >= 0.6 is 11.3 Å². The van der Waals surface area contributed by atoms with Crippen LogP contribution in [-0.4, -0.2) is 0 Å². The zero-order chi connectivity index (χ0) is 48.0. The van der Waals surface area contributed by atoms with Crippen LogP contribution in [0.5, 0.6) is 0 Å². The zero-order valence-corrected chi connectivity index (χ0v) is 41.0. The fourth-order valence-corrected chi connectivity index (χ4v) is 13.6. The molecule has 1 nitrogen and oxygen atoms in total. The first-order chi connectivity index (χ1) is 35.5. The van der Waals surface area contributed by atoms with Crippen molar-refractivity contribution in [2.24, 2.45) is 0 Å². The molecule has 340 valence electrons. The molecule has 0 atom stereocenters. The van der Waals surface area contributed by atoms with Crippen molar-refractivity contribution in [3.63, 3.8) is 0 Å². The van der Waals surface area contributed by atoms with E-state index >= 15 is 0 Å². The first kappa shape index (κ1) is 42.3. The molecular weight excluding hydrogens is 887 g/mol. The van der Waals surface area contributed by atoms with Gasteiger partial charge in [0.15, 0.2) is 0 Å².